The highest BCUT2D eigenvalue weighted by molar-refractivity contribution is 5.81. The number of nitrogens with one attached hydrogen (secondary N) is 3. The van der Waals surface area contributed by atoms with E-state index in [9.17, 15) is 4.79 Å². The number of carbonyl (C=O) groups is 1. The number of hydrogen-bond acceptors (Lipinski definition) is 5. The molecule has 100 valence electrons. The smallest absolute Gasteiger partial charge is 0.239 e. The first-order chi connectivity index (χ1) is 8.58. The summed E-state index contributed by atoms with van der Waals surface area (Å²) in [6.07, 6.45) is 2.28. The molecule has 0 saturated heterocycles. The quantitative estimate of drug-likeness (QED) is 0.703. The van der Waals surface area contributed by atoms with Crippen LogP contribution in [0.1, 0.15) is 26.3 Å². The van der Waals surface area contributed by atoms with E-state index in [2.05, 4.69) is 25.9 Å². The first-order valence-electron chi connectivity index (χ1n) is 6.13. The molecule has 6 heteroatoms. The minimum atomic E-state index is -0.0447. The molecular formula is C12H21N5O. The van der Waals surface area contributed by atoms with E-state index in [0.29, 0.717) is 5.82 Å². The minimum absolute atomic E-state index is 0.0447. The largest absolute Gasteiger partial charge is 0.373 e. The molecule has 3 N–H and O–H groups in total. The molecule has 0 unspecified atom stereocenters. The molecule has 1 aromatic heterocycles. The third kappa shape index (κ3) is 3.87. The van der Waals surface area contributed by atoms with E-state index in [0.717, 1.165) is 17.8 Å². The molecule has 0 aromatic carbocycles. The zero-order chi connectivity index (χ0) is 13.5. The molecule has 0 aliphatic carbocycles. The molecule has 0 radical (unpaired) electrons. The van der Waals surface area contributed by atoms with E-state index in [1.807, 2.05) is 27.8 Å². The molecule has 6 nitrogen and oxygen atoms in total. The number of anilines is 2. The third-order valence-corrected chi connectivity index (χ3v) is 2.40. The van der Waals surface area contributed by atoms with Crippen molar-refractivity contribution in [2.45, 2.75) is 33.2 Å². The Kier molecular flexibility index (Phi) is 5.35. The van der Waals surface area contributed by atoms with Gasteiger partial charge < -0.3 is 16.0 Å². The standard InChI is InChI=1S/C12H21N5O/c1-5-9-11(13-4)15-7-16-12(9)14-6-10(18)17-8(2)3/h7-8H,5-6H2,1-4H3,(H,17,18)(H2,13,14,15,16). The van der Waals surface area contributed by atoms with E-state index < -0.39 is 0 Å². The van der Waals surface area contributed by atoms with Crippen molar-refractivity contribution in [3.05, 3.63) is 11.9 Å². The number of hydrogen-bond donors (Lipinski definition) is 3. The third-order valence-electron chi connectivity index (χ3n) is 2.40. The van der Waals surface area contributed by atoms with Gasteiger partial charge >= 0.3 is 0 Å². The van der Waals surface area contributed by atoms with E-state index in [4.69, 9.17) is 0 Å². The second-order valence-corrected chi connectivity index (χ2v) is 4.23. The van der Waals surface area contributed by atoms with Crippen molar-refractivity contribution in [3.8, 4) is 0 Å². The van der Waals surface area contributed by atoms with Gasteiger partial charge in [-0.1, -0.05) is 6.92 Å². The number of amides is 1. The molecule has 0 aliphatic rings. The van der Waals surface area contributed by atoms with Crippen LogP contribution in [0.2, 0.25) is 0 Å². The molecule has 1 amide bonds. The fraction of sp³-hybridized carbons (Fsp3) is 0.583. The average Bonchev–Trinajstić information content (AvgIpc) is 2.34. The van der Waals surface area contributed by atoms with Gasteiger partial charge in [0.15, 0.2) is 0 Å². The first-order valence-corrected chi connectivity index (χ1v) is 6.13. The topological polar surface area (TPSA) is 78.9 Å². The van der Waals surface area contributed by atoms with E-state index >= 15 is 0 Å². The van der Waals surface area contributed by atoms with Crippen molar-refractivity contribution in [1.29, 1.82) is 0 Å². The minimum Gasteiger partial charge on any atom is -0.373 e. The van der Waals surface area contributed by atoms with Gasteiger partial charge in [-0.05, 0) is 20.3 Å². The van der Waals surface area contributed by atoms with Crippen molar-refractivity contribution >= 4 is 17.5 Å². The highest BCUT2D eigenvalue weighted by Crippen LogP contribution is 2.19. The van der Waals surface area contributed by atoms with Crippen LogP contribution in [-0.4, -0.2) is 35.5 Å². The summed E-state index contributed by atoms with van der Waals surface area (Å²) < 4.78 is 0. The summed E-state index contributed by atoms with van der Waals surface area (Å²) in [7, 11) is 1.82. The lowest BCUT2D eigenvalue weighted by atomic mass is 10.2. The van der Waals surface area contributed by atoms with Crippen molar-refractivity contribution in [3.63, 3.8) is 0 Å². The van der Waals surface area contributed by atoms with Crippen LogP contribution >= 0.6 is 0 Å². The second kappa shape index (κ2) is 6.78. The van der Waals surface area contributed by atoms with Gasteiger partial charge in [0.2, 0.25) is 5.91 Å². The SMILES string of the molecule is CCc1c(NC)ncnc1NCC(=O)NC(C)C. The lowest BCUT2D eigenvalue weighted by Crippen LogP contribution is -2.35. The van der Waals surface area contributed by atoms with Crippen LogP contribution in [0.3, 0.4) is 0 Å². The van der Waals surface area contributed by atoms with Crippen LogP contribution in [0, 0.1) is 0 Å². The fourth-order valence-electron chi connectivity index (χ4n) is 1.65. The van der Waals surface area contributed by atoms with Crippen molar-refractivity contribution in [2.24, 2.45) is 0 Å². The number of carbonyl (C=O) groups excluding carboxylic acids is 1. The van der Waals surface area contributed by atoms with Gasteiger partial charge in [0, 0.05) is 18.7 Å². The Hall–Kier alpha value is -1.85. The molecule has 0 bridgehead atoms. The average molecular weight is 251 g/mol. The Morgan fingerprint density at radius 3 is 2.56 bits per heavy atom. The summed E-state index contributed by atoms with van der Waals surface area (Å²) in [4.78, 5) is 19.9. The molecule has 0 spiro atoms. The molecule has 0 saturated carbocycles. The lowest BCUT2D eigenvalue weighted by molar-refractivity contribution is -0.119. The maximum absolute atomic E-state index is 11.5. The maximum atomic E-state index is 11.5. The van der Waals surface area contributed by atoms with Crippen LogP contribution in [-0.2, 0) is 11.2 Å². The highest BCUT2D eigenvalue weighted by atomic mass is 16.1. The zero-order valence-electron chi connectivity index (χ0n) is 11.4. The van der Waals surface area contributed by atoms with Gasteiger partial charge in [-0.2, -0.15) is 0 Å². The molecular weight excluding hydrogens is 230 g/mol. The molecule has 1 heterocycles. The summed E-state index contributed by atoms with van der Waals surface area (Å²) in [6, 6.07) is 0.142. The Bertz CT molecular complexity index is 405. The normalized spacial score (nSPS) is 10.3. The van der Waals surface area contributed by atoms with Gasteiger partial charge in [0.1, 0.15) is 18.0 Å². The van der Waals surface area contributed by atoms with Gasteiger partial charge in [-0.3, -0.25) is 4.79 Å². The maximum Gasteiger partial charge on any atom is 0.239 e. The van der Waals surface area contributed by atoms with Gasteiger partial charge in [-0.15, -0.1) is 0 Å². The van der Waals surface area contributed by atoms with Crippen LogP contribution in [0.15, 0.2) is 6.33 Å². The Labute approximate surface area is 108 Å². The highest BCUT2D eigenvalue weighted by Gasteiger charge is 2.10. The van der Waals surface area contributed by atoms with Crippen molar-refractivity contribution in [1.82, 2.24) is 15.3 Å². The van der Waals surface area contributed by atoms with Crippen LogP contribution in [0.4, 0.5) is 11.6 Å². The van der Waals surface area contributed by atoms with Gasteiger partial charge in [0.05, 0.1) is 6.54 Å². The van der Waals surface area contributed by atoms with Crippen molar-refractivity contribution < 1.29 is 4.79 Å². The Balaban J connectivity index is 2.70. The lowest BCUT2D eigenvalue weighted by Gasteiger charge is -2.13. The summed E-state index contributed by atoms with van der Waals surface area (Å²) in [5.74, 6) is 1.45. The van der Waals surface area contributed by atoms with E-state index in [1.54, 1.807) is 0 Å². The second-order valence-electron chi connectivity index (χ2n) is 4.23. The monoisotopic (exact) mass is 251 g/mol. The summed E-state index contributed by atoms with van der Waals surface area (Å²) >= 11 is 0. The molecule has 1 aromatic rings. The molecule has 1 rings (SSSR count). The number of aromatic nitrogens is 2. The van der Waals surface area contributed by atoms with Crippen LogP contribution < -0.4 is 16.0 Å². The Morgan fingerprint density at radius 1 is 1.33 bits per heavy atom. The van der Waals surface area contributed by atoms with Crippen molar-refractivity contribution in [2.75, 3.05) is 24.2 Å². The molecule has 0 aliphatic heterocycles. The van der Waals surface area contributed by atoms with Crippen LogP contribution in [0.25, 0.3) is 0 Å². The zero-order valence-corrected chi connectivity index (χ0v) is 11.4. The van der Waals surface area contributed by atoms with E-state index in [1.165, 1.54) is 6.33 Å². The predicted octanol–water partition coefficient (Wildman–Crippen LogP) is 1.02. The fourth-order valence-corrected chi connectivity index (χ4v) is 1.65. The van der Waals surface area contributed by atoms with E-state index in [-0.39, 0.29) is 18.5 Å². The van der Waals surface area contributed by atoms with Gasteiger partial charge in [0.25, 0.3) is 0 Å². The predicted molar refractivity (Wildman–Crippen MR) is 72.7 cm³/mol. The number of nitrogens with zero attached hydrogens (tertiary/aromatic N) is 2. The number of rotatable bonds is 6. The first kappa shape index (κ1) is 14.2. The summed E-state index contributed by atoms with van der Waals surface area (Å²) in [5.41, 5.74) is 0.984. The molecule has 18 heavy (non-hydrogen) atoms. The van der Waals surface area contributed by atoms with Gasteiger partial charge in [-0.25, -0.2) is 9.97 Å². The summed E-state index contributed by atoms with van der Waals surface area (Å²) in [6.45, 7) is 6.10. The summed E-state index contributed by atoms with van der Waals surface area (Å²) in [5, 5.41) is 8.87. The molecule has 0 atom stereocenters. The Morgan fingerprint density at radius 2 is 2.00 bits per heavy atom. The van der Waals surface area contributed by atoms with Crippen LogP contribution in [0.5, 0.6) is 0 Å². The molecule has 0 fully saturated rings.